The highest BCUT2D eigenvalue weighted by molar-refractivity contribution is 5.77. The molecule has 0 radical (unpaired) electrons. The average Bonchev–Trinajstić information content (AvgIpc) is 2.42. The van der Waals surface area contributed by atoms with Gasteiger partial charge in [0.05, 0.1) is 0 Å². The van der Waals surface area contributed by atoms with Gasteiger partial charge in [-0.25, -0.2) is 0 Å². The van der Waals surface area contributed by atoms with Crippen molar-refractivity contribution in [2.45, 2.75) is 31.9 Å². The fraction of sp³-hybridized carbons (Fsp3) is 0.900. The van der Waals surface area contributed by atoms with Gasteiger partial charge in [-0.1, -0.05) is 0 Å². The van der Waals surface area contributed by atoms with Crippen LogP contribution in [0.25, 0.3) is 0 Å². The lowest BCUT2D eigenvalue weighted by Gasteiger charge is -2.32. The number of carbonyl (C=O) groups is 1. The standard InChI is InChI=1S/C10H14F3NO/c11-10(12,13)4-9(15)14-5-7-1-2-8(3-7)6-14/h7-8H,1-6H2/t7-,8+. The summed E-state index contributed by atoms with van der Waals surface area (Å²) >= 11 is 0. The van der Waals surface area contributed by atoms with Gasteiger partial charge in [0.2, 0.25) is 5.91 Å². The summed E-state index contributed by atoms with van der Waals surface area (Å²) in [6, 6.07) is 0. The predicted molar refractivity (Wildman–Crippen MR) is 48.1 cm³/mol. The molecule has 0 aromatic heterocycles. The van der Waals surface area contributed by atoms with Gasteiger partial charge < -0.3 is 4.90 Å². The molecular weight excluding hydrogens is 207 g/mol. The first kappa shape index (κ1) is 10.8. The molecule has 0 aromatic carbocycles. The van der Waals surface area contributed by atoms with E-state index in [1.807, 2.05) is 0 Å². The zero-order valence-corrected chi connectivity index (χ0v) is 8.39. The van der Waals surface area contributed by atoms with Crippen molar-refractivity contribution in [3.05, 3.63) is 0 Å². The van der Waals surface area contributed by atoms with Crippen LogP contribution in [0.4, 0.5) is 13.2 Å². The summed E-state index contributed by atoms with van der Waals surface area (Å²) in [5, 5.41) is 0. The van der Waals surface area contributed by atoms with Crippen molar-refractivity contribution in [3.63, 3.8) is 0 Å². The van der Waals surface area contributed by atoms with Gasteiger partial charge >= 0.3 is 6.18 Å². The minimum absolute atomic E-state index is 0.445. The maximum absolute atomic E-state index is 12.0. The number of hydrogen-bond donors (Lipinski definition) is 0. The van der Waals surface area contributed by atoms with E-state index in [0.717, 1.165) is 19.3 Å². The van der Waals surface area contributed by atoms with E-state index in [0.29, 0.717) is 24.9 Å². The summed E-state index contributed by atoms with van der Waals surface area (Å²) in [6.07, 6.45) is -2.43. The van der Waals surface area contributed by atoms with Gasteiger partial charge in [-0.15, -0.1) is 0 Å². The second kappa shape index (κ2) is 3.68. The van der Waals surface area contributed by atoms with Crippen LogP contribution in [0.15, 0.2) is 0 Å². The molecular formula is C10H14F3NO. The third-order valence-corrected chi connectivity index (χ3v) is 3.31. The third kappa shape index (κ3) is 2.63. The Balaban J connectivity index is 1.91. The van der Waals surface area contributed by atoms with E-state index < -0.39 is 18.5 Å². The number of alkyl halides is 3. The van der Waals surface area contributed by atoms with Crippen LogP contribution in [-0.4, -0.2) is 30.1 Å². The molecule has 0 aromatic rings. The molecule has 2 atom stereocenters. The summed E-state index contributed by atoms with van der Waals surface area (Å²) in [4.78, 5) is 12.7. The Morgan fingerprint density at radius 2 is 1.73 bits per heavy atom. The Kier molecular flexibility index (Phi) is 2.64. The second-order valence-corrected chi connectivity index (χ2v) is 4.64. The van der Waals surface area contributed by atoms with Gasteiger partial charge in [-0.2, -0.15) is 13.2 Å². The maximum Gasteiger partial charge on any atom is 0.397 e. The molecule has 86 valence electrons. The summed E-state index contributed by atoms with van der Waals surface area (Å²) in [5.74, 6) is 0.140. The molecule has 1 heterocycles. The van der Waals surface area contributed by atoms with Crippen molar-refractivity contribution < 1.29 is 18.0 Å². The highest BCUT2D eigenvalue weighted by atomic mass is 19.4. The lowest BCUT2D eigenvalue weighted by Crippen LogP contribution is -2.42. The molecule has 1 aliphatic carbocycles. The normalized spacial score (nSPS) is 30.7. The first-order valence-electron chi connectivity index (χ1n) is 5.28. The smallest absolute Gasteiger partial charge is 0.342 e. The highest BCUT2D eigenvalue weighted by Gasteiger charge is 2.38. The summed E-state index contributed by atoms with van der Waals surface area (Å²) in [7, 11) is 0. The summed E-state index contributed by atoms with van der Waals surface area (Å²) < 4.78 is 36.1. The van der Waals surface area contributed by atoms with Gasteiger partial charge in [-0.05, 0) is 31.1 Å². The van der Waals surface area contributed by atoms with Crippen molar-refractivity contribution in [1.82, 2.24) is 4.90 Å². The molecule has 0 spiro atoms. The molecule has 2 fully saturated rings. The molecule has 5 heteroatoms. The number of piperidine rings is 1. The Morgan fingerprint density at radius 1 is 1.20 bits per heavy atom. The van der Waals surface area contributed by atoms with Crippen LogP contribution in [0.3, 0.4) is 0 Å². The van der Waals surface area contributed by atoms with Crippen molar-refractivity contribution in [2.75, 3.05) is 13.1 Å². The highest BCUT2D eigenvalue weighted by Crippen LogP contribution is 2.37. The molecule has 0 unspecified atom stereocenters. The second-order valence-electron chi connectivity index (χ2n) is 4.64. The Morgan fingerprint density at radius 3 is 2.20 bits per heavy atom. The molecule has 2 aliphatic rings. The van der Waals surface area contributed by atoms with Crippen molar-refractivity contribution in [1.29, 1.82) is 0 Å². The van der Waals surface area contributed by atoms with Gasteiger partial charge in [0.1, 0.15) is 6.42 Å². The number of fused-ring (bicyclic) bond motifs is 2. The first-order chi connectivity index (χ1) is 6.94. The topological polar surface area (TPSA) is 20.3 Å². The minimum atomic E-state index is -4.37. The summed E-state index contributed by atoms with van der Waals surface area (Å²) in [6.45, 7) is 1.07. The lowest BCUT2D eigenvalue weighted by atomic mass is 9.98. The van der Waals surface area contributed by atoms with Gasteiger partial charge in [0.25, 0.3) is 0 Å². The molecule has 1 aliphatic heterocycles. The largest absolute Gasteiger partial charge is 0.397 e. The van der Waals surface area contributed by atoms with Crippen LogP contribution < -0.4 is 0 Å². The third-order valence-electron chi connectivity index (χ3n) is 3.31. The van der Waals surface area contributed by atoms with Crippen LogP contribution in [0, 0.1) is 11.8 Å². The quantitative estimate of drug-likeness (QED) is 0.664. The summed E-state index contributed by atoms with van der Waals surface area (Å²) in [5.41, 5.74) is 0. The van der Waals surface area contributed by atoms with Crippen LogP contribution >= 0.6 is 0 Å². The number of amides is 1. The van der Waals surface area contributed by atoms with E-state index in [4.69, 9.17) is 0 Å². The van der Waals surface area contributed by atoms with Crippen LogP contribution in [0.2, 0.25) is 0 Å². The van der Waals surface area contributed by atoms with Gasteiger partial charge in [0.15, 0.2) is 0 Å². The molecule has 2 rings (SSSR count). The Hall–Kier alpha value is -0.740. The average molecular weight is 221 g/mol. The fourth-order valence-corrected chi connectivity index (χ4v) is 2.69. The zero-order chi connectivity index (χ0) is 11.1. The van der Waals surface area contributed by atoms with Crippen molar-refractivity contribution in [3.8, 4) is 0 Å². The van der Waals surface area contributed by atoms with Crippen LogP contribution in [-0.2, 0) is 4.79 Å². The van der Waals surface area contributed by atoms with E-state index in [-0.39, 0.29) is 0 Å². The first-order valence-corrected chi connectivity index (χ1v) is 5.28. The number of hydrogen-bond acceptors (Lipinski definition) is 1. The predicted octanol–water partition coefficient (Wildman–Crippen LogP) is 2.20. The molecule has 2 nitrogen and oxygen atoms in total. The Bertz CT molecular complexity index is 252. The number of halogens is 3. The lowest BCUT2D eigenvalue weighted by molar-refractivity contribution is -0.162. The fourth-order valence-electron chi connectivity index (χ4n) is 2.69. The monoisotopic (exact) mass is 221 g/mol. The maximum atomic E-state index is 12.0. The van der Waals surface area contributed by atoms with E-state index in [1.165, 1.54) is 4.90 Å². The van der Waals surface area contributed by atoms with Gasteiger partial charge in [-0.3, -0.25) is 4.79 Å². The minimum Gasteiger partial charge on any atom is -0.342 e. The number of carbonyl (C=O) groups excluding carboxylic acids is 1. The van der Waals surface area contributed by atoms with E-state index in [1.54, 1.807) is 0 Å². The number of rotatable bonds is 1. The molecule has 2 bridgehead atoms. The van der Waals surface area contributed by atoms with Crippen molar-refractivity contribution >= 4 is 5.91 Å². The van der Waals surface area contributed by atoms with Crippen LogP contribution in [0.1, 0.15) is 25.7 Å². The number of nitrogens with zero attached hydrogens (tertiary/aromatic N) is 1. The molecule has 1 saturated carbocycles. The molecule has 15 heavy (non-hydrogen) atoms. The molecule has 0 N–H and O–H groups in total. The van der Waals surface area contributed by atoms with Gasteiger partial charge in [0, 0.05) is 13.1 Å². The Labute approximate surface area is 86.4 Å². The molecule has 1 saturated heterocycles. The van der Waals surface area contributed by atoms with Crippen molar-refractivity contribution in [2.24, 2.45) is 11.8 Å². The van der Waals surface area contributed by atoms with Crippen LogP contribution in [0.5, 0.6) is 0 Å². The zero-order valence-electron chi connectivity index (χ0n) is 8.39. The van der Waals surface area contributed by atoms with E-state index >= 15 is 0 Å². The van der Waals surface area contributed by atoms with E-state index in [2.05, 4.69) is 0 Å². The molecule has 1 amide bonds. The van der Waals surface area contributed by atoms with E-state index in [9.17, 15) is 18.0 Å². The SMILES string of the molecule is O=C(CC(F)(F)F)N1C[C@@H]2CC[C@@H](C2)C1. The number of likely N-dealkylation sites (tertiary alicyclic amines) is 1.